The number of carbonyl (C=O) groups is 2. The molecule has 130 valence electrons. The molecule has 0 atom stereocenters. The van der Waals surface area contributed by atoms with Crippen molar-refractivity contribution in [1.82, 2.24) is 9.80 Å². The van der Waals surface area contributed by atoms with Gasteiger partial charge in [0.1, 0.15) is 0 Å². The van der Waals surface area contributed by atoms with Crippen LogP contribution in [0.15, 0.2) is 48.5 Å². The number of hydrogen-bond donors (Lipinski definition) is 0. The van der Waals surface area contributed by atoms with E-state index in [0.717, 1.165) is 17.5 Å². The average molecular weight is 357 g/mol. The lowest BCUT2D eigenvalue weighted by atomic mass is 10.1. The molecule has 5 heteroatoms. The Labute approximate surface area is 153 Å². The minimum atomic E-state index is -0.0122. The Hall–Kier alpha value is -2.33. The number of amides is 2. The molecule has 2 amide bonds. The molecule has 0 spiro atoms. The highest BCUT2D eigenvalue weighted by atomic mass is 35.5. The summed E-state index contributed by atoms with van der Waals surface area (Å²) in [4.78, 5) is 29.1. The quantitative estimate of drug-likeness (QED) is 0.824. The topological polar surface area (TPSA) is 40.6 Å². The van der Waals surface area contributed by atoms with Crippen molar-refractivity contribution in [3.63, 3.8) is 0 Å². The molecule has 2 aromatic rings. The van der Waals surface area contributed by atoms with Gasteiger partial charge in [0.25, 0.3) is 11.8 Å². The molecule has 1 fully saturated rings. The summed E-state index contributed by atoms with van der Waals surface area (Å²) in [6, 6.07) is 14.6. The molecule has 2 aromatic carbocycles. The molecule has 0 aliphatic carbocycles. The third-order valence-corrected chi connectivity index (χ3v) is 4.79. The molecule has 3 rings (SSSR count). The molecule has 0 N–H and O–H groups in total. The summed E-state index contributed by atoms with van der Waals surface area (Å²) in [5.74, 6) is 0.0285. The minimum Gasteiger partial charge on any atom is -0.337 e. The zero-order chi connectivity index (χ0) is 17.8. The first kappa shape index (κ1) is 17.5. The molecule has 0 aromatic heterocycles. The number of benzene rings is 2. The fraction of sp³-hybridized carbons (Fsp3) is 0.300. The van der Waals surface area contributed by atoms with E-state index >= 15 is 0 Å². The van der Waals surface area contributed by atoms with Crippen LogP contribution < -0.4 is 0 Å². The van der Waals surface area contributed by atoms with Gasteiger partial charge in [-0.1, -0.05) is 29.8 Å². The number of carbonyl (C=O) groups excluding carboxylic acids is 2. The lowest BCUT2D eigenvalue weighted by Gasteiger charge is -2.23. The zero-order valence-electron chi connectivity index (χ0n) is 14.2. The van der Waals surface area contributed by atoms with Crippen molar-refractivity contribution in [2.75, 3.05) is 26.2 Å². The van der Waals surface area contributed by atoms with E-state index in [1.165, 1.54) is 0 Å². The van der Waals surface area contributed by atoms with Gasteiger partial charge in [-0.15, -0.1) is 0 Å². The first-order valence-electron chi connectivity index (χ1n) is 8.46. The SMILES string of the molecule is Cc1ccccc1C(=O)N1CCCN(C(=O)c2ccc(Cl)cc2)CC1. The first-order chi connectivity index (χ1) is 12.1. The highest BCUT2D eigenvalue weighted by molar-refractivity contribution is 6.30. The van der Waals surface area contributed by atoms with Crippen LogP contribution in [-0.2, 0) is 0 Å². The summed E-state index contributed by atoms with van der Waals surface area (Å²) in [7, 11) is 0. The largest absolute Gasteiger partial charge is 0.337 e. The van der Waals surface area contributed by atoms with E-state index in [2.05, 4.69) is 0 Å². The van der Waals surface area contributed by atoms with E-state index < -0.39 is 0 Å². The van der Waals surface area contributed by atoms with Crippen molar-refractivity contribution in [3.05, 3.63) is 70.2 Å². The highest BCUT2D eigenvalue weighted by Crippen LogP contribution is 2.16. The highest BCUT2D eigenvalue weighted by Gasteiger charge is 2.24. The lowest BCUT2D eigenvalue weighted by molar-refractivity contribution is 0.0718. The number of hydrogen-bond acceptors (Lipinski definition) is 2. The average Bonchev–Trinajstić information content (AvgIpc) is 2.88. The van der Waals surface area contributed by atoms with Crippen LogP contribution in [0.3, 0.4) is 0 Å². The lowest BCUT2D eigenvalue weighted by Crippen LogP contribution is -2.37. The smallest absolute Gasteiger partial charge is 0.254 e. The Morgan fingerprint density at radius 1 is 0.840 bits per heavy atom. The van der Waals surface area contributed by atoms with Gasteiger partial charge in [-0.05, 0) is 49.2 Å². The Bertz CT molecular complexity index is 774. The van der Waals surface area contributed by atoms with Gasteiger partial charge in [-0.2, -0.15) is 0 Å². The summed E-state index contributed by atoms with van der Waals surface area (Å²) in [6.07, 6.45) is 0.775. The van der Waals surface area contributed by atoms with Gasteiger partial charge in [0.05, 0.1) is 0 Å². The van der Waals surface area contributed by atoms with Gasteiger partial charge < -0.3 is 9.80 Å². The van der Waals surface area contributed by atoms with Crippen LogP contribution in [0.1, 0.15) is 32.7 Å². The third-order valence-electron chi connectivity index (χ3n) is 4.54. The van der Waals surface area contributed by atoms with Crippen molar-refractivity contribution in [2.24, 2.45) is 0 Å². The fourth-order valence-corrected chi connectivity index (χ4v) is 3.21. The van der Waals surface area contributed by atoms with Gasteiger partial charge in [0.15, 0.2) is 0 Å². The van der Waals surface area contributed by atoms with E-state index in [-0.39, 0.29) is 11.8 Å². The van der Waals surface area contributed by atoms with E-state index in [4.69, 9.17) is 11.6 Å². The van der Waals surface area contributed by atoms with Crippen LogP contribution in [0.4, 0.5) is 0 Å². The van der Waals surface area contributed by atoms with Crippen molar-refractivity contribution in [2.45, 2.75) is 13.3 Å². The Kier molecular flexibility index (Phi) is 5.39. The monoisotopic (exact) mass is 356 g/mol. The predicted molar refractivity (Wildman–Crippen MR) is 99.1 cm³/mol. The Morgan fingerprint density at radius 2 is 1.44 bits per heavy atom. The molecule has 1 aliphatic heterocycles. The molecule has 0 saturated carbocycles. The van der Waals surface area contributed by atoms with E-state index in [1.807, 2.05) is 41.0 Å². The summed E-state index contributed by atoms with van der Waals surface area (Å²) in [5.41, 5.74) is 2.34. The second-order valence-corrected chi connectivity index (χ2v) is 6.70. The predicted octanol–water partition coefficient (Wildman–Crippen LogP) is 3.64. The Balaban J connectivity index is 1.68. The normalized spacial score (nSPS) is 15.0. The molecule has 0 radical (unpaired) electrons. The van der Waals surface area contributed by atoms with Gasteiger partial charge in [-0.25, -0.2) is 0 Å². The van der Waals surface area contributed by atoms with Crippen LogP contribution in [-0.4, -0.2) is 47.8 Å². The maximum atomic E-state index is 12.8. The minimum absolute atomic E-state index is 0.0122. The summed E-state index contributed by atoms with van der Waals surface area (Å²) in [6.45, 7) is 4.35. The molecule has 0 unspecified atom stereocenters. The van der Waals surface area contributed by atoms with Crippen molar-refractivity contribution < 1.29 is 9.59 Å². The molecular weight excluding hydrogens is 336 g/mol. The molecule has 0 bridgehead atoms. The first-order valence-corrected chi connectivity index (χ1v) is 8.84. The van der Waals surface area contributed by atoms with E-state index in [1.54, 1.807) is 24.3 Å². The van der Waals surface area contributed by atoms with Gasteiger partial charge in [-0.3, -0.25) is 9.59 Å². The zero-order valence-corrected chi connectivity index (χ0v) is 15.0. The molecule has 1 heterocycles. The maximum Gasteiger partial charge on any atom is 0.254 e. The second-order valence-electron chi connectivity index (χ2n) is 6.26. The van der Waals surface area contributed by atoms with Crippen LogP contribution in [0.25, 0.3) is 0 Å². The number of rotatable bonds is 2. The molecule has 1 aliphatic rings. The number of halogens is 1. The van der Waals surface area contributed by atoms with Crippen molar-refractivity contribution in [3.8, 4) is 0 Å². The third kappa shape index (κ3) is 4.02. The van der Waals surface area contributed by atoms with Crippen molar-refractivity contribution >= 4 is 23.4 Å². The summed E-state index contributed by atoms with van der Waals surface area (Å²) in [5, 5.41) is 0.613. The van der Waals surface area contributed by atoms with Gasteiger partial charge in [0, 0.05) is 42.3 Å². The molecule has 4 nitrogen and oxygen atoms in total. The maximum absolute atomic E-state index is 12.8. The van der Waals surface area contributed by atoms with Crippen LogP contribution in [0.5, 0.6) is 0 Å². The van der Waals surface area contributed by atoms with Gasteiger partial charge >= 0.3 is 0 Å². The van der Waals surface area contributed by atoms with Crippen LogP contribution in [0.2, 0.25) is 5.02 Å². The van der Waals surface area contributed by atoms with E-state index in [0.29, 0.717) is 36.8 Å². The molecular formula is C20H21ClN2O2. The second kappa shape index (κ2) is 7.70. The van der Waals surface area contributed by atoms with Crippen LogP contribution in [0, 0.1) is 6.92 Å². The number of nitrogens with zero attached hydrogens (tertiary/aromatic N) is 2. The fourth-order valence-electron chi connectivity index (χ4n) is 3.08. The molecule has 1 saturated heterocycles. The van der Waals surface area contributed by atoms with Gasteiger partial charge in [0.2, 0.25) is 0 Å². The number of aryl methyl sites for hydroxylation is 1. The van der Waals surface area contributed by atoms with Crippen molar-refractivity contribution in [1.29, 1.82) is 0 Å². The standard InChI is InChI=1S/C20H21ClN2O2/c1-15-5-2-3-6-18(15)20(25)23-12-4-11-22(13-14-23)19(24)16-7-9-17(21)10-8-16/h2-3,5-10H,4,11-14H2,1H3. The Morgan fingerprint density at radius 3 is 2.08 bits per heavy atom. The van der Waals surface area contributed by atoms with E-state index in [9.17, 15) is 9.59 Å². The summed E-state index contributed by atoms with van der Waals surface area (Å²) < 4.78 is 0. The summed E-state index contributed by atoms with van der Waals surface area (Å²) >= 11 is 5.88. The van der Waals surface area contributed by atoms with Crippen LogP contribution >= 0.6 is 11.6 Å². The molecule has 25 heavy (non-hydrogen) atoms.